The standard InChI is InChI=1S/C21H17F2N3O2S/c1-24-12-14-11-19(28-18-6-4-3-5-17(18)23)21(27)26(20(14)25-13-29-2)16-9-7-15(22)8-10-16/h3-12H,1,13H2,2H3/b14-12-,25-20+. The molecule has 0 unspecified atom stereocenters. The summed E-state index contributed by atoms with van der Waals surface area (Å²) in [7, 11) is 0. The highest BCUT2D eigenvalue weighted by Crippen LogP contribution is 2.29. The number of amides is 1. The first-order valence-corrected chi connectivity index (χ1v) is 9.88. The molecule has 1 aliphatic heterocycles. The number of rotatable bonds is 6. The van der Waals surface area contributed by atoms with Crippen LogP contribution in [0.3, 0.4) is 0 Å². The van der Waals surface area contributed by atoms with E-state index in [1.807, 2.05) is 6.26 Å². The molecule has 8 heteroatoms. The number of carbonyl (C=O) groups excluding carboxylic acids is 1. The smallest absolute Gasteiger partial charge is 0.299 e. The number of hydrogen-bond donors (Lipinski definition) is 0. The summed E-state index contributed by atoms with van der Waals surface area (Å²) in [6.07, 6.45) is 4.73. The molecular weight excluding hydrogens is 396 g/mol. The summed E-state index contributed by atoms with van der Waals surface area (Å²) in [5.74, 6) is -1.15. The van der Waals surface area contributed by atoms with Gasteiger partial charge in [-0.15, -0.1) is 11.8 Å². The molecule has 0 fully saturated rings. The van der Waals surface area contributed by atoms with Gasteiger partial charge < -0.3 is 4.74 Å². The maximum Gasteiger partial charge on any atom is 0.299 e. The van der Waals surface area contributed by atoms with Crippen molar-refractivity contribution in [2.24, 2.45) is 9.98 Å². The van der Waals surface area contributed by atoms with E-state index < -0.39 is 17.5 Å². The molecule has 1 heterocycles. The van der Waals surface area contributed by atoms with Crippen molar-refractivity contribution >= 4 is 35.9 Å². The third-order valence-electron chi connectivity index (χ3n) is 3.89. The third kappa shape index (κ3) is 4.60. The lowest BCUT2D eigenvalue weighted by molar-refractivity contribution is -0.116. The highest BCUT2D eigenvalue weighted by atomic mass is 32.2. The van der Waals surface area contributed by atoms with Crippen molar-refractivity contribution in [2.75, 3.05) is 17.0 Å². The summed E-state index contributed by atoms with van der Waals surface area (Å²) in [6, 6.07) is 11.1. The molecule has 29 heavy (non-hydrogen) atoms. The van der Waals surface area contributed by atoms with Crippen LogP contribution < -0.4 is 9.64 Å². The molecule has 0 aliphatic carbocycles. The molecule has 148 valence electrons. The second-order valence-corrected chi connectivity index (χ2v) is 6.66. The average Bonchev–Trinajstić information content (AvgIpc) is 2.72. The van der Waals surface area contributed by atoms with E-state index in [2.05, 4.69) is 16.7 Å². The molecular formula is C21H17F2N3O2S. The van der Waals surface area contributed by atoms with Gasteiger partial charge in [0.05, 0.1) is 11.6 Å². The van der Waals surface area contributed by atoms with Gasteiger partial charge in [-0.1, -0.05) is 12.1 Å². The van der Waals surface area contributed by atoms with Crippen LogP contribution in [0, 0.1) is 11.6 Å². The van der Waals surface area contributed by atoms with E-state index in [4.69, 9.17) is 4.74 Å². The third-order valence-corrected chi connectivity index (χ3v) is 4.27. The zero-order valence-electron chi connectivity index (χ0n) is 15.5. The number of carbonyl (C=O) groups is 1. The van der Waals surface area contributed by atoms with E-state index in [-0.39, 0.29) is 11.5 Å². The number of benzene rings is 2. The molecule has 0 N–H and O–H groups in total. The monoisotopic (exact) mass is 413 g/mol. The number of anilines is 1. The molecule has 2 aromatic rings. The van der Waals surface area contributed by atoms with E-state index in [0.29, 0.717) is 23.0 Å². The van der Waals surface area contributed by atoms with Crippen molar-refractivity contribution in [1.82, 2.24) is 0 Å². The summed E-state index contributed by atoms with van der Waals surface area (Å²) in [5.41, 5.74) is 0.832. The number of hydrogen-bond acceptors (Lipinski definition) is 5. The van der Waals surface area contributed by atoms with Gasteiger partial charge in [0.2, 0.25) is 0 Å². The highest BCUT2D eigenvalue weighted by molar-refractivity contribution is 7.98. The Labute approximate surface area is 171 Å². The number of para-hydroxylation sites is 1. The Morgan fingerprint density at radius 2 is 1.90 bits per heavy atom. The molecule has 0 radical (unpaired) electrons. The fraction of sp³-hybridized carbons (Fsp3) is 0.0952. The highest BCUT2D eigenvalue weighted by Gasteiger charge is 2.33. The molecule has 5 nitrogen and oxygen atoms in total. The predicted octanol–water partition coefficient (Wildman–Crippen LogP) is 4.58. The molecule has 1 amide bonds. The van der Waals surface area contributed by atoms with Crippen molar-refractivity contribution in [3.63, 3.8) is 0 Å². The molecule has 0 aromatic heterocycles. The van der Waals surface area contributed by atoms with Crippen molar-refractivity contribution < 1.29 is 18.3 Å². The van der Waals surface area contributed by atoms with E-state index in [0.717, 1.165) is 0 Å². The number of halogens is 2. The van der Waals surface area contributed by atoms with Gasteiger partial charge in [-0.25, -0.2) is 8.78 Å². The summed E-state index contributed by atoms with van der Waals surface area (Å²) in [4.78, 5) is 22.7. The Bertz CT molecular complexity index is 1020. The molecule has 3 rings (SSSR count). The van der Waals surface area contributed by atoms with Gasteiger partial charge in [-0.3, -0.25) is 19.7 Å². The van der Waals surface area contributed by atoms with Crippen molar-refractivity contribution in [1.29, 1.82) is 0 Å². The number of thioether (sulfide) groups is 1. The minimum absolute atomic E-state index is 0.0958. The summed E-state index contributed by atoms with van der Waals surface area (Å²) in [6.45, 7) is 3.45. The largest absolute Gasteiger partial charge is 0.448 e. The van der Waals surface area contributed by atoms with Crippen molar-refractivity contribution in [2.45, 2.75) is 0 Å². The van der Waals surface area contributed by atoms with Gasteiger partial charge in [-0.05, 0) is 55.4 Å². The zero-order chi connectivity index (χ0) is 20.8. The number of aliphatic imine (C=N–C) groups is 2. The Balaban J connectivity index is 2.12. The molecule has 0 spiro atoms. The first-order chi connectivity index (χ1) is 14.0. The fourth-order valence-electron chi connectivity index (χ4n) is 2.63. The van der Waals surface area contributed by atoms with Crippen LogP contribution in [0.15, 0.2) is 82.1 Å². The zero-order valence-corrected chi connectivity index (χ0v) is 16.3. The Morgan fingerprint density at radius 3 is 2.55 bits per heavy atom. The lowest BCUT2D eigenvalue weighted by atomic mass is 10.1. The topological polar surface area (TPSA) is 54.3 Å². The maximum atomic E-state index is 14.0. The quantitative estimate of drug-likeness (QED) is 0.652. The van der Waals surface area contributed by atoms with E-state index in [1.165, 1.54) is 71.4 Å². The van der Waals surface area contributed by atoms with Crippen molar-refractivity contribution in [3.05, 3.63) is 83.8 Å². The molecule has 1 aliphatic rings. The molecule has 0 saturated carbocycles. The minimum Gasteiger partial charge on any atom is -0.448 e. The summed E-state index contributed by atoms with van der Waals surface area (Å²) in [5, 5.41) is 0. The number of amidine groups is 1. The van der Waals surface area contributed by atoms with Gasteiger partial charge in [0, 0.05) is 11.8 Å². The van der Waals surface area contributed by atoms with E-state index in [9.17, 15) is 13.6 Å². The number of ether oxygens (including phenoxy) is 1. The molecule has 2 aromatic carbocycles. The van der Waals surface area contributed by atoms with Gasteiger partial charge >= 0.3 is 0 Å². The second-order valence-electron chi connectivity index (χ2n) is 5.82. The van der Waals surface area contributed by atoms with Gasteiger partial charge in [0.1, 0.15) is 11.7 Å². The lowest BCUT2D eigenvalue weighted by Crippen LogP contribution is -2.43. The van der Waals surface area contributed by atoms with Crippen LogP contribution in [-0.4, -0.2) is 30.6 Å². The van der Waals surface area contributed by atoms with Crippen molar-refractivity contribution in [3.8, 4) is 5.75 Å². The van der Waals surface area contributed by atoms with Crippen LogP contribution in [0.4, 0.5) is 14.5 Å². The number of nitrogens with zero attached hydrogens (tertiary/aromatic N) is 3. The fourth-order valence-corrected chi connectivity index (χ4v) is 2.88. The van der Waals surface area contributed by atoms with Crippen LogP contribution >= 0.6 is 11.8 Å². The van der Waals surface area contributed by atoms with Crippen LogP contribution in [0.2, 0.25) is 0 Å². The Kier molecular flexibility index (Phi) is 6.56. The first-order valence-electron chi connectivity index (χ1n) is 8.49. The first kappa shape index (κ1) is 20.5. The van der Waals surface area contributed by atoms with Crippen LogP contribution in [0.1, 0.15) is 0 Å². The average molecular weight is 413 g/mol. The normalized spacial score (nSPS) is 16.9. The van der Waals surface area contributed by atoms with Crippen LogP contribution in [0.5, 0.6) is 5.75 Å². The van der Waals surface area contributed by atoms with E-state index in [1.54, 1.807) is 6.07 Å². The Morgan fingerprint density at radius 1 is 1.17 bits per heavy atom. The maximum absolute atomic E-state index is 14.0. The molecule has 0 saturated heterocycles. The van der Waals surface area contributed by atoms with Gasteiger partial charge in [0.15, 0.2) is 17.3 Å². The SMILES string of the molecule is C=N/C=C1/C=C(Oc2ccccc2F)C(=O)N(c2ccc(F)cc2)/C1=N/CSC. The Hall–Kier alpha value is -3.26. The van der Waals surface area contributed by atoms with Crippen LogP contribution in [0.25, 0.3) is 0 Å². The molecule has 0 bridgehead atoms. The lowest BCUT2D eigenvalue weighted by Gasteiger charge is -2.29. The van der Waals surface area contributed by atoms with Crippen LogP contribution in [-0.2, 0) is 4.79 Å². The summed E-state index contributed by atoms with van der Waals surface area (Å²) < 4.78 is 33.0. The minimum atomic E-state index is -0.608. The molecule has 0 atom stereocenters. The summed E-state index contributed by atoms with van der Waals surface area (Å²) >= 11 is 1.46. The van der Waals surface area contributed by atoms with Gasteiger partial charge in [-0.2, -0.15) is 0 Å². The van der Waals surface area contributed by atoms with Gasteiger partial charge in [0.25, 0.3) is 5.91 Å². The second kappa shape index (κ2) is 9.29. The van der Waals surface area contributed by atoms with E-state index >= 15 is 0 Å². The predicted molar refractivity (Wildman–Crippen MR) is 112 cm³/mol.